The SMILES string of the molecule is O=C(CN(c1cccc([N+](=O)[O-])c1)S(=O)(=O)c1ccccc1)NCCSCc1ccc(Cl)cc1. The topological polar surface area (TPSA) is 110 Å². The molecule has 0 saturated carbocycles. The molecule has 0 aliphatic heterocycles. The molecular weight excluding hydrogens is 498 g/mol. The Hall–Kier alpha value is -3.08. The standard InChI is InChI=1S/C23H22ClN3O5S2/c24-19-11-9-18(10-12-19)17-33-14-13-25-23(28)16-26(20-5-4-6-21(15-20)27(29)30)34(31,32)22-7-2-1-3-8-22/h1-12,15H,13-14,16-17H2,(H,25,28). The minimum absolute atomic E-state index is 0.0205. The molecule has 0 spiro atoms. The molecule has 0 aromatic heterocycles. The molecule has 0 heterocycles. The van der Waals surface area contributed by atoms with Crippen LogP contribution in [0, 0.1) is 10.1 Å². The highest BCUT2D eigenvalue weighted by Gasteiger charge is 2.28. The number of carbonyl (C=O) groups is 1. The van der Waals surface area contributed by atoms with Gasteiger partial charge >= 0.3 is 0 Å². The Labute approximate surface area is 207 Å². The Kier molecular flexibility index (Phi) is 8.91. The average molecular weight is 520 g/mol. The number of rotatable bonds is 11. The van der Waals surface area contributed by atoms with Crippen LogP contribution in [0.25, 0.3) is 0 Å². The zero-order valence-electron chi connectivity index (χ0n) is 18.0. The lowest BCUT2D eigenvalue weighted by atomic mass is 10.2. The Morgan fingerprint density at radius 1 is 1.03 bits per heavy atom. The summed E-state index contributed by atoms with van der Waals surface area (Å²) in [7, 11) is -4.13. The maximum absolute atomic E-state index is 13.3. The number of sulfonamides is 1. The van der Waals surface area contributed by atoms with Gasteiger partial charge in [0.15, 0.2) is 0 Å². The zero-order chi connectivity index (χ0) is 24.6. The number of nitrogens with zero attached hydrogens (tertiary/aromatic N) is 2. The van der Waals surface area contributed by atoms with Gasteiger partial charge in [0.05, 0.1) is 15.5 Å². The van der Waals surface area contributed by atoms with Gasteiger partial charge in [-0.25, -0.2) is 8.42 Å². The van der Waals surface area contributed by atoms with Crippen LogP contribution in [0.4, 0.5) is 11.4 Å². The van der Waals surface area contributed by atoms with Gasteiger partial charge in [0.25, 0.3) is 15.7 Å². The molecule has 11 heteroatoms. The van der Waals surface area contributed by atoms with Crippen LogP contribution in [0.1, 0.15) is 5.56 Å². The highest BCUT2D eigenvalue weighted by atomic mass is 35.5. The van der Waals surface area contributed by atoms with E-state index in [4.69, 9.17) is 11.6 Å². The van der Waals surface area contributed by atoms with Gasteiger partial charge in [-0.05, 0) is 35.9 Å². The number of hydrogen-bond acceptors (Lipinski definition) is 6. The van der Waals surface area contributed by atoms with Gasteiger partial charge < -0.3 is 5.32 Å². The smallest absolute Gasteiger partial charge is 0.271 e. The van der Waals surface area contributed by atoms with Gasteiger partial charge in [-0.2, -0.15) is 11.8 Å². The van der Waals surface area contributed by atoms with Crippen molar-refractivity contribution >= 4 is 50.7 Å². The summed E-state index contributed by atoms with van der Waals surface area (Å²) in [6.07, 6.45) is 0. The van der Waals surface area contributed by atoms with E-state index in [1.54, 1.807) is 30.0 Å². The molecule has 3 rings (SSSR count). The molecule has 178 valence electrons. The van der Waals surface area contributed by atoms with Gasteiger partial charge in [-0.1, -0.05) is 48.0 Å². The zero-order valence-corrected chi connectivity index (χ0v) is 20.4. The second kappa shape index (κ2) is 11.9. The molecule has 1 N–H and O–H groups in total. The lowest BCUT2D eigenvalue weighted by Gasteiger charge is -2.24. The predicted molar refractivity (Wildman–Crippen MR) is 135 cm³/mol. The third-order valence-electron chi connectivity index (χ3n) is 4.70. The van der Waals surface area contributed by atoms with Crippen LogP contribution >= 0.6 is 23.4 Å². The summed E-state index contributed by atoms with van der Waals surface area (Å²) in [6, 6.07) is 20.3. The summed E-state index contributed by atoms with van der Waals surface area (Å²) < 4.78 is 27.4. The number of nitrogens with one attached hydrogen (secondary N) is 1. The summed E-state index contributed by atoms with van der Waals surface area (Å²) in [6.45, 7) is -0.175. The number of hydrogen-bond donors (Lipinski definition) is 1. The van der Waals surface area contributed by atoms with E-state index in [1.165, 1.54) is 30.3 Å². The molecule has 0 unspecified atom stereocenters. The summed E-state index contributed by atoms with van der Waals surface area (Å²) in [4.78, 5) is 23.2. The molecule has 3 aromatic carbocycles. The molecule has 8 nitrogen and oxygen atoms in total. The number of benzene rings is 3. The van der Waals surface area contributed by atoms with Crippen molar-refractivity contribution in [3.8, 4) is 0 Å². The van der Waals surface area contributed by atoms with Crippen LogP contribution in [0.2, 0.25) is 5.02 Å². The highest BCUT2D eigenvalue weighted by molar-refractivity contribution is 7.98. The molecule has 3 aromatic rings. The lowest BCUT2D eigenvalue weighted by molar-refractivity contribution is -0.384. The minimum Gasteiger partial charge on any atom is -0.354 e. The average Bonchev–Trinajstić information content (AvgIpc) is 2.84. The first kappa shape index (κ1) is 25.5. The summed E-state index contributed by atoms with van der Waals surface area (Å²) >= 11 is 7.49. The first-order valence-electron chi connectivity index (χ1n) is 10.2. The maximum Gasteiger partial charge on any atom is 0.271 e. The Bertz CT molecular complexity index is 1240. The molecule has 0 radical (unpaired) electrons. The second-order valence-corrected chi connectivity index (χ2v) is 10.5. The van der Waals surface area contributed by atoms with E-state index in [0.29, 0.717) is 17.3 Å². The largest absolute Gasteiger partial charge is 0.354 e. The first-order chi connectivity index (χ1) is 16.3. The highest BCUT2D eigenvalue weighted by Crippen LogP contribution is 2.26. The van der Waals surface area contributed by atoms with Crippen LogP contribution in [-0.2, 0) is 20.6 Å². The Morgan fingerprint density at radius 2 is 1.74 bits per heavy atom. The monoisotopic (exact) mass is 519 g/mol. The fraction of sp³-hybridized carbons (Fsp3) is 0.174. The van der Waals surface area contributed by atoms with Crippen molar-refractivity contribution in [2.24, 2.45) is 0 Å². The van der Waals surface area contributed by atoms with Crippen molar-refractivity contribution < 1.29 is 18.1 Å². The van der Waals surface area contributed by atoms with Crippen molar-refractivity contribution in [1.82, 2.24) is 5.32 Å². The van der Waals surface area contributed by atoms with Gasteiger partial charge in [0, 0.05) is 35.2 Å². The van der Waals surface area contributed by atoms with Crippen LogP contribution in [0.15, 0.2) is 83.8 Å². The molecule has 0 bridgehead atoms. The molecule has 0 aliphatic carbocycles. The molecular formula is C23H22ClN3O5S2. The number of halogens is 1. The molecule has 0 atom stereocenters. The number of thioether (sulfide) groups is 1. The van der Waals surface area contributed by atoms with E-state index < -0.39 is 27.4 Å². The lowest BCUT2D eigenvalue weighted by Crippen LogP contribution is -2.41. The van der Waals surface area contributed by atoms with Crippen LogP contribution < -0.4 is 9.62 Å². The number of nitro benzene ring substituents is 1. The summed E-state index contributed by atoms with van der Waals surface area (Å²) in [5.74, 6) is 0.851. The number of nitro groups is 1. The van der Waals surface area contributed by atoms with E-state index in [0.717, 1.165) is 21.7 Å². The van der Waals surface area contributed by atoms with Gasteiger partial charge in [0.1, 0.15) is 6.54 Å². The van der Waals surface area contributed by atoms with Crippen molar-refractivity contribution in [1.29, 1.82) is 0 Å². The fourth-order valence-corrected chi connectivity index (χ4v) is 5.39. The van der Waals surface area contributed by atoms with Gasteiger partial charge in [-0.15, -0.1) is 0 Å². The van der Waals surface area contributed by atoms with E-state index in [1.807, 2.05) is 24.3 Å². The third-order valence-corrected chi connectivity index (χ3v) is 7.77. The van der Waals surface area contributed by atoms with E-state index in [9.17, 15) is 23.3 Å². The van der Waals surface area contributed by atoms with Crippen molar-refractivity contribution in [3.05, 3.63) is 99.6 Å². The van der Waals surface area contributed by atoms with E-state index in [-0.39, 0.29) is 16.3 Å². The van der Waals surface area contributed by atoms with E-state index in [2.05, 4.69) is 5.32 Å². The molecule has 34 heavy (non-hydrogen) atoms. The van der Waals surface area contributed by atoms with Crippen molar-refractivity contribution in [2.75, 3.05) is 23.1 Å². The van der Waals surface area contributed by atoms with Crippen LogP contribution in [-0.4, -0.2) is 38.1 Å². The normalized spacial score (nSPS) is 11.1. The van der Waals surface area contributed by atoms with Crippen LogP contribution in [0.5, 0.6) is 0 Å². The Morgan fingerprint density at radius 3 is 2.41 bits per heavy atom. The minimum atomic E-state index is -4.13. The van der Waals surface area contributed by atoms with Gasteiger partial charge in [-0.3, -0.25) is 19.2 Å². The molecule has 1 amide bonds. The number of anilines is 1. The molecule has 0 saturated heterocycles. The summed E-state index contributed by atoms with van der Waals surface area (Å²) in [5, 5.41) is 14.6. The van der Waals surface area contributed by atoms with Gasteiger partial charge in [0.2, 0.25) is 5.91 Å². The van der Waals surface area contributed by atoms with Crippen molar-refractivity contribution in [2.45, 2.75) is 10.6 Å². The van der Waals surface area contributed by atoms with Crippen molar-refractivity contribution in [3.63, 3.8) is 0 Å². The third kappa shape index (κ3) is 6.96. The number of non-ortho nitro benzene ring substituents is 1. The predicted octanol–water partition coefficient (Wildman–Crippen LogP) is 4.49. The van der Waals surface area contributed by atoms with E-state index >= 15 is 0 Å². The summed E-state index contributed by atoms with van der Waals surface area (Å²) in [5.41, 5.74) is 0.863. The molecule has 0 aliphatic rings. The number of carbonyl (C=O) groups excluding carboxylic acids is 1. The first-order valence-corrected chi connectivity index (χ1v) is 13.2. The van der Waals surface area contributed by atoms with Crippen LogP contribution in [0.3, 0.4) is 0 Å². The Balaban J connectivity index is 1.67. The second-order valence-electron chi connectivity index (χ2n) is 7.13. The fourth-order valence-electron chi connectivity index (χ4n) is 3.02. The maximum atomic E-state index is 13.3. The number of amides is 1. The molecule has 0 fully saturated rings. The quantitative estimate of drug-likeness (QED) is 0.227.